The van der Waals surface area contributed by atoms with Gasteiger partial charge in [0.25, 0.3) is 5.91 Å². The lowest BCUT2D eigenvalue weighted by molar-refractivity contribution is -0.133. The van der Waals surface area contributed by atoms with Crippen LogP contribution in [0.3, 0.4) is 0 Å². The summed E-state index contributed by atoms with van der Waals surface area (Å²) in [5, 5.41) is 0. The number of nitrogens with zero attached hydrogens (tertiary/aromatic N) is 5. The van der Waals surface area contributed by atoms with Crippen LogP contribution in [0.2, 0.25) is 0 Å². The van der Waals surface area contributed by atoms with Crippen LogP contribution in [0.4, 0.5) is 10.2 Å². The van der Waals surface area contributed by atoms with Crippen molar-refractivity contribution in [2.75, 3.05) is 63.8 Å². The molecule has 0 bridgehead atoms. The van der Waals surface area contributed by atoms with Gasteiger partial charge in [-0.3, -0.25) is 14.5 Å². The van der Waals surface area contributed by atoms with Crippen molar-refractivity contribution in [2.45, 2.75) is 0 Å². The predicted octanol–water partition coefficient (Wildman–Crippen LogP) is 1.33. The molecule has 0 spiro atoms. The number of hydrogen-bond acceptors (Lipinski definition) is 5. The molecule has 0 radical (unpaired) electrons. The van der Waals surface area contributed by atoms with Gasteiger partial charge >= 0.3 is 0 Å². The topological polar surface area (TPSA) is 60.0 Å². The number of rotatable bonds is 4. The lowest BCUT2D eigenvalue weighted by Gasteiger charge is -2.38. The average molecular weight is 411 g/mol. The molecular weight excluding hydrogens is 385 g/mol. The van der Waals surface area contributed by atoms with Gasteiger partial charge in [-0.25, -0.2) is 9.37 Å². The van der Waals surface area contributed by atoms with Crippen molar-refractivity contribution in [3.8, 4) is 0 Å². The molecule has 4 rings (SSSR count). The fourth-order valence-corrected chi connectivity index (χ4v) is 3.90. The van der Waals surface area contributed by atoms with Crippen LogP contribution in [-0.2, 0) is 4.79 Å². The van der Waals surface area contributed by atoms with Crippen LogP contribution in [0.5, 0.6) is 0 Å². The van der Waals surface area contributed by atoms with Crippen LogP contribution in [0, 0.1) is 5.82 Å². The molecule has 2 aromatic rings. The summed E-state index contributed by atoms with van der Waals surface area (Å²) in [4.78, 5) is 37.6. The molecule has 0 N–H and O–H groups in total. The van der Waals surface area contributed by atoms with Gasteiger partial charge in [-0.15, -0.1) is 0 Å². The molecule has 30 heavy (non-hydrogen) atoms. The molecule has 1 aromatic carbocycles. The lowest BCUT2D eigenvalue weighted by Crippen LogP contribution is -2.54. The van der Waals surface area contributed by atoms with Crippen molar-refractivity contribution < 1.29 is 14.0 Å². The molecule has 2 fully saturated rings. The van der Waals surface area contributed by atoms with Gasteiger partial charge in [0.05, 0.1) is 6.54 Å². The highest BCUT2D eigenvalue weighted by molar-refractivity contribution is 5.94. The highest BCUT2D eigenvalue weighted by Crippen LogP contribution is 2.14. The zero-order valence-electron chi connectivity index (χ0n) is 16.9. The van der Waals surface area contributed by atoms with E-state index in [1.807, 2.05) is 23.1 Å². The first kappa shape index (κ1) is 20.3. The van der Waals surface area contributed by atoms with Crippen molar-refractivity contribution in [2.24, 2.45) is 0 Å². The molecule has 2 saturated heterocycles. The van der Waals surface area contributed by atoms with Gasteiger partial charge in [0.2, 0.25) is 5.91 Å². The number of anilines is 1. The van der Waals surface area contributed by atoms with E-state index in [9.17, 15) is 14.0 Å². The molecular formula is C22H26FN5O2. The molecule has 158 valence electrons. The highest BCUT2D eigenvalue weighted by Gasteiger charge is 2.26. The molecule has 2 aliphatic heterocycles. The van der Waals surface area contributed by atoms with Crippen LogP contribution in [-0.4, -0.2) is 90.4 Å². The number of amides is 2. The van der Waals surface area contributed by atoms with Gasteiger partial charge in [0.1, 0.15) is 11.6 Å². The molecule has 3 heterocycles. The molecule has 2 aliphatic rings. The zero-order chi connectivity index (χ0) is 20.9. The Balaban J connectivity index is 1.22. The van der Waals surface area contributed by atoms with Crippen LogP contribution in [0.15, 0.2) is 48.7 Å². The maximum atomic E-state index is 13.1. The molecule has 0 unspecified atom stereocenters. The molecule has 0 atom stereocenters. The van der Waals surface area contributed by atoms with E-state index >= 15 is 0 Å². The fourth-order valence-electron chi connectivity index (χ4n) is 3.90. The first-order valence-electron chi connectivity index (χ1n) is 10.3. The summed E-state index contributed by atoms with van der Waals surface area (Å²) in [6, 6.07) is 11.5. The number of piperazine rings is 2. The van der Waals surface area contributed by atoms with E-state index in [1.165, 1.54) is 24.3 Å². The Morgan fingerprint density at radius 2 is 1.50 bits per heavy atom. The van der Waals surface area contributed by atoms with Crippen LogP contribution in [0.25, 0.3) is 0 Å². The molecule has 0 saturated carbocycles. The number of halogens is 1. The average Bonchev–Trinajstić information content (AvgIpc) is 2.80. The second-order valence-corrected chi connectivity index (χ2v) is 7.63. The molecule has 7 nitrogen and oxygen atoms in total. The summed E-state index contributed by atoms with van der Waals surface area (Å²) >= 11 is 0. The Labute approximate surface area is 175 Å². The maximum absolute atomic E-state index is 13.1. The molecule has 2 amide bonds. The Morgan fingerprint density at radius 3 is 2.13 bits per heavy atom. The summed E-state index contributed by atoms with van der Waals surface area (Å²) in [6.07, 6.45) is 1.79. The quantitative estimate of drug-likeness (QED) is 0.760. The smallest absolute Gasteiger partial charge is 0.253 e. The van der Waals surface area contributed by atoms with Crippen molar-refractivity contribution in [1.29, 1.82) is 0 Å². The van der Waals surface area contributed by atoms with Crippen molar-refractivity contribution in [3.05, 3.63) is 60.0 Å². The number of pyridine rings is 1. The normalized spacial score (nSPS) is 17.8. The third kappa shape index (κ3) is 4.76. The minimum atomic E-state index is -0.351. The first-order chi connectivity index (χ1) is 14.6. The summed E-state index contributed by atoms with van der Waals surface area (Å²) in [6.45, 7) is 5.78. The number of hydrogen-bond donors (Lipinski definition) is 0. The minimum absolute atomic E-state index is 0.0911. The van der Waals surface area contributed by atoms with E-state index in [4.69, 9.17) is 0 Å². The summed E-state index contributed by atoms with van der Waals surface area (Å²) < 4.78 is 13.1. The van der Waals surface area contributed by atoms with Gasteiger partial charge < -0.3 is 14.7 Å². The first-order valence-corrected chi connectivity index (χ1v) is 10.3. The molecule has 1 aromatic heterocycles. The lowest BCUT2D eigenvalue weighted by atomic mass is 10.1. The Kier molecular flexibility index (Phi) is 6.23. The van der Waals surface area contributed by atoms with Gasteiger partial charge in [0.15, 0.2) is 0 Å². The van der Waals surface area contributed by atoms with E-state index < -0.39 is 0 Å². The second-order valence-electron chi connectivity index (χ2n) is 7.63. The summed E-state index contributed by atoms with van der Waals surface area (Å²) in [5.41, 5.74) is 0.492. The van der Waals surface area contributed by atoms with Crippen molar-refractivity contribution in [1.82, 2.24) is 19.7 Å². The standard InChI is InChI=1S/C22H26FN5O2/c23-19-6-4-18(5-7-19)22(30)28-11-9-25(10-12-28)17-21(29)27-15-13-26(14-16-27)20-3-1-2-8-24-20/h1-8H,9-17H2. The summed E-state index contributed by atoms with van der Waals surface area (Å²) in [7, 11) is 0. The summed E-state index contributed by atoms with van der Waals surface area (Å²) in [5.74, 6) is 0.642. The maximum Gasteiger partial charge on any atom is 0.253 e. The van der Waals surface area contributed by atoms with Crippen molar-refractivity contribution >= 4 is 17.6 Å². The largest absolute Gasteiger partial charge is 0.353 e. The van der Waals surface area contributed by atoms with E-state index in [0.717, 1.165) is 18.9 Å². The van der Waals surface area contributed by atoms with E-state index in [-0.39, 0.29) is 17.6 Å². The SMILES string of the molecule is O=C(CN1CCN(C(=O)c2ccc(F)cc2)CC1)N1CCN(c2ccccn2)CC1. The van der Waals surface area contributed by atoms with Crippen LogP contribution < -0.4 is 4.90 Å². The van der Waals surface area contributed by atoms with Gasteiger partial charge in [0, 0.05) is 64.1 Å². The minimum Gasteiger partial charge on any atom is -0.353 e. The van der Waals surface area contributed by atoms with E-state index in [2.05, 4.69) is 14.8 Å². The van der Waals surface area contributed by atoms with E-state index in [0.29, 0.717) is 51.4 Å². The van der Waals surface area contributed by atoms with Crippen LogP contribution >= 0.6 is 0 Å². The van der Waals surface area contributed by atoms with Crippen LogP contribution in [0.1, 0.15) is 10.4 Å². The van der Waals surface area contributed by atoms with Gasteiger partial charge in [-0.1, -0.05) is 6.07 Å². The third-order valence-electron chi connectivity index (χ3n) is 5.72. The molecule has 0 aliphatic carbocycles. The Morgan fingerprint density at radius 1 is 0.833 bits per heavy atom. The number of aromatic nitrogens is 1. The van der Waals surface area contributed by atoms with Gasteiger partial charge in [-0.2, -0.15) is 0 Å². The highest BCUT2D eigenvalue weighted by atomic mass is 19.1. The number of benzene rings is 1. The van der Waals surface area contributed by atoms with Crippen molar-refractivity contribution in [3.63, 3.8) is 0 Å². The third-order valence-corrected chi connectivity index (χ3v) is 5.72. The van der Waals surface area contributed by atoms with Gasteiger partial charge in [-0.05, 0) is 36.4 Å². The molecule has 8 heteroatoms. The number of carbonyl (C=O) groups is 2. The second kappa shape index (κ2) is 9.21. The fraction of sp³-hybridized carbons (Fsp3) is 0.409. The van der Waals surface area contributed by atoms with E-state index in [1.54, 1.807) is 11.1 Å². The monoisotopic (exact) mass is 411 g/mol. The number of carbonyl (C=O) groups excluding carboxylic acids is 2. The Hall–Kier alpha value is -3.00. The predicted molar refractivity (Wildman–Crippen MR) is 112 cm³/mol. The Bertz CT molecular complexity index is 861. The zero-order valence-corrected chi connectivity index (χ0v) is 16.9.